The summed E-state index contributed by atoms with van der Waals surface area (Å²) in [4.78, 5) is 14.0. The van der Waals surface area contributed by atoms with Gasteiger partial charge in [0.1, 0.15) is 0 Å². The van der Waals surface area contributed by atoms with E-state index in [1.54, 1.807) is 0 Å². The lowest BCUT2D eigenvalue weighted by Gasteiger charge is -2.34. The summed E-state index contributed by atoms with van der Waals surface area (Å²) in [6, 6.07) is 0.640. The molecule has 0 aromatic rings. The molecule has 0 aromatic heterocycles. The summed E-state index contributed by atoms with van der Waals surface area (Å²) in [5, 5.41) is 2.85. The molecule has 1 aliphatic rings. The SMILES string of the molecule is CCNC(=O)CC(CN)N(CC1CC1)C(C)C. The monoisotopic (exact) mass is 241 g/mol. The van der Waals surface area contributed by atoms with E-state index >= 15 is 0 Å². The van der Waals surface area contributed by atoms with Crippen LogP contribution in [0.4, 0.5) is 0 Å². The Balaban J connectivity index is 2.50. The van der Waals surface area contributed by atoms with E-state index in [0.29, 0.717) is 25.6 Å². The van der Waals surface area contributed by atoms with E-state index in [-0.39, 0.29) is 11.9 Å². The Kier molecular flexibility index (Phi) is 5.92. The highest BCUT2D eigenvalue weighted by molar-refractivity contribution is 5.76. The van der Waals surface area contributed by atoms with Gasteiger partial charge in [0.2, 0.25) is 5.91 Å². The van der Waals surface area contributed by atoms with Crippen molar-refractivity contribution in [1.82, 2.24) is 10.2 Å². The molecule has 1 aliphatic carbocycles. The van der Waals surface area contributed by atoms with Crippen LogP contribution in [0.5, 0.6) is 0 Å². The molecule has 0 radical (unpaired) electrons. The Morgan fingerprint density at radius 1 is 1.47 bits per heavy atom. The van der Waals surface area contributed by atoms with Gasteiger partial charge >= 0.3 is 0 Å². The molecule has 4 nitrogen and oxygen atoms in total. The summed E-state index contributed by atoms with van der Waals surface area (Å²) in [5.74, 6) is 0.949. The van der Waals surface area contributed by atoms with Gasteiger partial charge in [-0.05, 0) is 39.5 Å². The average Bonchev–Trinajstić information content (AvgIpc) is 3.07. The number of amides is 1. The predicted molar refractivity (Wildman–Crippen MR) is 70.7 cm³/mol. The molecular formula is C13H27N3O. The maximum atomic E-state index is 11.6. The van der Waals surface area contributed by atoms with Gasteiger partial charge in [-0.3, -0.25) is 9.69 Å². The second-order valence-electron chi connectivity index (χ2n) is 5.28. The fraction of sp³-hybridized carbons (Fsp3) is 0.923. The molecule has 1 saturated carbocycles. The van der Waals surface area contributed by atoms with Gasteiger partial charge in [-0.1, -0.05) is 0 Å². The van der Waals surface area contributed by atoms with Gasteiger partial charge in [-0.15, -0.1) is 0 Å². The normalized spacial score (nSPS) is 17.5. The molecule has 0 aromatic carbocycles. The first kappa shape index (κ1) is 14.5. The lowest BCUT2D eigenvalue weighted by Crippen LogP contribution is -2.48. The zero-order chi connectivity index (χ0) is 12.8. The summed E-state index contributed by atoms with van der Waals surface area (Å²) in [6.07, 6.45) is 3.19. The van der Waals surface area contributed by atoms with Gasteiger partial charge in [0.05, 0.1) is 0 Å². The number of nitrogens with zero attached hydrogens (tertiary/aromatic N) is 1. The third kappa shape index (κ3) is 5.04. The molecule has 1 rings (SSSR count). The molecule has 0 saturated heterocycles. The molecule has 17 heavy (non-hydrogen) atoms. The second kappa shape index (κ2) is 6.97. The molecule has 1 unspecified atom stereocenters. The molecule has 3 N–H and O–H groups in total. The highest BCUT2D eigenvalue weighted by Crippen LogP contribution is 2.31. The van der Waals surface area contributed by atoms with Crippen LogP contribution in [0.1, 0.15) is 40.0 Å². The Labute approximate surface area is 105 Å². The first-order valence-corrected chi connectivity index (χ1v) is 6.81. The highest BCUT2D eigenvalue weighted by atomic mass is 16.1. The van der Waals surface area contributed by atoms with Gasteiger partial charge in [-0.25, -0.2) is 0 Å². The van der Waals surface area contributed by atoms with Crippen LogP contribution in [-0.4, -0.2) is 42.5 Å². The third-order valence-corrected chi connectivity index (χ3v) is 3.37. The molecule has 0 bridgehead atoms. The molecule has 0 heterocycles. The smallest absolute Gasteiger partial charge is 0.221 e. The van der Waals surface area contributed by atoms with Crippen LogP contribution in [0, 0.1) is 5.92 Å². The van der Waals surface area contributed by atoms with Crippen molar-refractivity contribution in [2.75, 3.05) is 19.6 Å². The van der Waals surface area contributed by atoms with Gasteiger partial charge in [0, 0.05) is 38.1 Å². The minimum Gasteiger partial charge on any atom is -0.356 e. The number of carbonyl (C=O) groups is 1. The van der Waals surface area contributed by atoms with Crippen molar-refractivity contribution >= 4 is 5.91 Å². The third-order valence-electron chi connectivity index (χ3n) is 3.37. The minimum absolute atomic E-state index is 0.115. The molecule has 100 valence electrons. The number of hydrogen-bond acceptors (Lipinski definition) is 3. The van der Waals surface area contributed by atoms with Crippen LogP contribution in [0.25, 0.3) is 0 Å². The number of nitrogens with two attached hydrogens (primary N) is 1. The van der Waals surface area contributed by atoms with Crippen LogP contribution < -0.4 is 11.1 Å². The van der Waals surface area contributed by atoms with E-state index in [0.717, 1.165) is 12.5 Å². The summed E-state index contributed by atoms with van der Waals surface area (Å²) < 4.78 is 0. The Morgan fingerprint density at radius 3 is 2.53 bits per heavy atom. The summed E-state index contributed by atoms with van der Waals surface area (Å²) in [7, 11) is 0. The molecule has 1 atom stereocenters. The van der Waals surface area contributed by atoms with Crippen LogP contribution in [0.2, 0.25) is 0 Å². The van der Waals surface area contributed by atoms with E-state index < -0.39 is 0 Å². The van der Waals surface area contributed by atoms with E-state index in [9.17, 15) is 4.79 Å². The van der Waals surface area contributed by atoms with Crippen molar-refractivity contribution in [1.29, 1.82) is 0 Å². The Bertz CT molecular complexity index is 239. The fourth-order valence-electron chi connectivity index (χ4n) is 2.20. The van der Waals surface area contributed by atoms with E-state index in [1.165, 1.54) is 12.8 Å². The van der Waals surface area contributed by atoms with E-state index in [4.69, 9.17) is 5.73 Å². The topological polar surface area (TPSA) is 58.4 Å². The largest absolute Gasteiger partial charge is 0.356 e. The van der Waals surface area contributed by atoms with Gasteiger partial charge in [0.15, 0.2) is 0 Å². The summed E-state index contributed by atoms with van der Waals surface area (Å²) in [6.45, 7) is 8.66. The van der Waals surface area contributed by atoms with Crippen molar-refractivity contribution in [3.8, 4) is 0 Å². The van der Waals surface area contributed by atoms with Crippen molar-refractivity contribution < 1.29 is 4.79 Å². The lowest BCUT2D eigenvalue weighted by molar-refractivity contribution is -0.122. The quantitative estimate of drug-likeness (QED) is 0.665. The van der Waals surface area contributed by atoms with Crippen molar-refractivity contribution in [3.63, 3.8) is 0 Å². The molecule has 4 heteroatoms. The Hall–Kier alpha value is -0.610. The number of hydrogen-bond donors (Lipinski definition) is 2. The van der Waals surface area contributed by atoms with Crippen LogP contribution >= 0.6 is 0 Å². The molecule has 0 spiro atoms. The van der Waals surface area contributed by atoms with E-state index in [1.807, 2.05) is 6.92 Å². The summed E-state index contributed by atoms with van der Waals surface area (Å²) >= 11 is 0. The number of rotatable bonds is 8. The molecule has 0 aliphatic heterocycles. The fourth-order valence-corrected chi connectivity index (χ4v) is 2.20. The molecule has 1 fully saturated rings. The zero-order valence-corrected chi connectivity index (χ0v) is 11.4. The van der Waals surface area contributed by atoms with Crippen LogP contribution in [-0.2, 0) is 4.79 Å². The van der Waals surface area contributed by atoms with Crippen LogP contribution in [0.15, 0.2) is 0 Å². The first-order chi connectivity index (χ1) is 8.08. The minimum atomic E-state index is 0.115. The van der Waals surface area contributed by atoms with Crippen LogP contribution in [0.3, 0.4) is 0 Å². The summed E-state index contributed by atoms with van der Waals surface area (Å²) in [5.41, 5.74) is 5.83. The predicted octanol–water partition coefficient (Wildman–Crippen LogP) is 0.960. The standard InChI is InChI=1S/C13H27N3O/c1-4-15-13(17)7-12(8-14)16(10(2)3)9-11-5-6-11/h10-12H,4-9,14H2,1-3H3,(H,15,17). The van der Waals surface area contributed by atoms with Gasteiger partial charge < -0.3 is 11.1 Å². The second-order valence-corrected chi connectivity index (χ2v) is 5.28. The molecule has 1 amide bonds. The van der Waals surface area contributed by atoms with Crippen molar-refractivity contribution in [2.45, 2.75) is 52.1 Å². The Morgan fingerprint density at radius 2 is 2.12 bits per heavy atom. The highest BCUT2D eigenvalue weighted by Gasteiger charge is 2.29. The number of carbonyl (C=O) groups excluding carboxylic acids is 1. The first-order valence-electron chi connectivity index (χ1n) is 6.81. The van der Waals surface area contributed by atoms with Gasteiger partial charge in [0.25, 0.3) is 0 Å². The lowest BCUT2D eigenvalue weighted by atomic mass is 10.1. The van der Waals surface area contributed by atoms with Crippen molar-refractivity contribution in [2.24, 2.45) is 11.7 Å². The maximum Gasteiger partial charge on any atom is 0.221 e. The number of nitrogens with one attached hydrogen (secondary N) is 1. The van der Waals surface area contributed by atoms with E-state index in [2.05, 4.69) is 24.1 Å². The molecular weight excluding hydrogens is 214 g/mol. The maximum absolute atomic E-state index is 11.6. The van der Waals surface area contributed by atoms with Crippen molar-refractivity contribution in [3.05, 3.63) is 0 Å². The zero-order valence-electron chi connectivity index (χ0n) is 11.4. The average molecular weight is 241 g/mol. The van der Waals surface area contributed by atoms with Gasteiger partial charge in [-0.2, -0.15) is 0 Å².